The maximum absolute atomic E-state index is 12.8. The molecule has 24 heavy (non-hydrogen) atoms. The number of likely N-dealkylation sites (N-methyl/N-ethyl adjacent to an activating group) is 1. The average molecular weight is 319 g/mol. The molecule has 1 atom stereocenters. The molecule has 4 rings (SSSR count). The van der Waals surface area contributed by atoms with Gasteiger partial charge in [0.15, 0.2) is 0 Å². The van der Waals surface area contributed by atoms with Crippen LogP contribution < -0.4 is 4.90 Å². The van der Waals surface area contributed by atoms with Gasteiger partial charge in [-0.1, -0.05) is 36.4 Å². The number of benzene rings is 2. The van der Waals surface area contributed by atoms with Gasteiger partial charge in [-0.3, -0.25) is 4.79 Å². The Labute approximate surface area is 139 Å². The predicted octanol–water partition coefficient (Wildman–Crippen LogP) is 3.21. The zero-order chi connectivity index (χ0) is 16.7. The minimum Gasteiger partial charge on any atom is -0.421 e. The van der Waals surface area contributed by atoms with Crippen molar-refractivity contribution in [2.45, 2.75) is 18.8 Å². The second-order valence-corrected chi connectivity index (χ2v) is 6.26. The third-order valence-corrected chi connectivity index (χ3v) is 4.63. The Morgan fingerprint density at radius 3 is 2.54 bits per heavy atom. The third kappa shape index (κ3) is 2.12. The summed E-state index contributed by atoms with van der Waals surface area (Å²) in [5, 5.41) is 8.26. The number of hydrogen-bond donors (Lipinski definition) is 0. The van der Waals surface area contributed by atoms with Crippen molar-refractivity contribution in [2.24, 2.45) is 0 Å². The Kier molecular flexibility index (Phi) is 3.23. The van der Waals surface area contributed by atoms with Gasteiger partial charge in [-0.25, -0.2) is 0 Å². The summed E-state index contributed by atoms with van der Waals surface area (Å²) in [6, 6.07) is 17.5. The van der Waals surface area contributed by atoms with Crippen LogP contribution in [0.15, 0.2) is 59.0 Å². The van der Waals surface area contributed by atoms with Gasteiger partial charge >= 0.3 is 0 Å². The van der Waals surface area contributed by atoms with Gasteiger partial charge in [0.05, 0.1) is 5.41 Å². The second-order valence-electron chi connectivity index (χ2n) is 6.26. The van der Waals surface area contributed by atoms with Crippen LogP contribution in [0.5, 0.6) is 0 Å². The zero-order valence-corrected chi connectivity index (χ0v) is 13.6. The van der Waals surface area contributed by atoms with E-state index in [1.165, 1.54) is 0 Å². The number of para-hydroxylation sites is 1. The molecule has 1 aliphatic rings. The Morgan fingerprint density at radius 2 is 1.75 bits per heavy atom. The normalized spacial score (nSPS) is 19.6. The minimum atomic E-state index is -0.689. The van der Waals surface area contributed by atoms with E-state index in [1.807, 2.05) is 61.5 Å². The number of aromatic nitrogens is 2. The number of hydrogen-bond acceptors (Lipinski definition) is 4. The van der Waals surface area contributed by atoms with E-state index in [2.05, 4.69) is 10.2 Å². The molecule has 0 aliphatic carbocycles. The first-order valence-electron chi connectivity index (χ1n) is 7.85. The molecule has 2 heterocycles. The van der Waals surface area contributed by atoms with Crippen LogP contribution in [-0.4, -0.2) is 23.2 Å². The van der Waals surface area contributed by atoms with Gasteiger partial charge in [0.25, 0.3) is 0 Å². The van der Waals surface area contributed by atoms with Crippen LogP contribution in [0.4, 0.5) is 5.69 Å². The van der Waals surface area contributed by atoms with Crippen molar-refractivity contribution < 1.29 is 9.21 Å². The van der Waals surface area contributed by atoms with Crippen molar-refractivity contribution in [3.05, 3.63) is 66.1 Å². The van der Waals surface area contributed by atoms with Gasteiger partial charge < -0.3 is 9.32 Å². The van der Waals surface area contributed by atoms with Gasteiger partial charge in [-0.15, -0.1) is 10.2 Å². The maximum Gasteiger partial charge on any atom is 0.247 e. The molecule has 1 amide bonds. The summed E-state index contributed by atoms with van der Waals surface area (Å²) in [4.78, 5) is 14.5. The summed E-state index contributed by atoms with van der Waals surface area (Å²) in [5.41, 5.74) is 2.12. The van der Waals surface area contributed by atoms with Crippen LogP contribution in [0.1, 0.15) is 18.4 Å². The molecule has 3 aromatic rings. The topological polar surface area (TPSA) is 59.2 Å². The Balaban J connectivity index is 1.69. The lowest BCUT2D eigenvalue weighted by atomic mass is 9.80. The summed E-state index contributed by atoms with van der Waals surface area (Å²) in [6.07, 6.45) is 0.382. The van der Waals surface area contributed by atoms with E-state index in [9.17, 15) is 4.79 Å². The lowest BCUT2D eigenvalue weighted by molar-refractivity contribution is -0.122. The van der Waals surface area contributed by atoms with E-state index in [0.717, 1.165) is 16.8 Å². The molecule has 0 spiro atoms. The molecule has 2 aromatic carbocycles. The number of amides is 1. The molecule has 1 aromatic heterocycles. The monoisotopic (exact) mass is 319 g/mol. The number of rotatable bonds is 3. The van der Waals surface area contributed by atoms with Crippen molar-refractivity contribution in [3.8, 4) is 11.5 Å². The largest absolute Gasteiger partial charge is 0.421 e. The molecular weight excluding hydrogens is 302 g/mol. The molecule has 0 fully saturated rings. The lowest BCUT2D eigenvalue weighted by Gasteiger charge is -2.21. The van der Waals surface area contributed by atoms with Crippen LogP contribution in [0.3, 0.4) is 0 Å². The van der Waals surface area contributed by atoms with Crippen LogP contribution in [0, 0.1) is 0 Å². The zero-order valence-electron chi connectivity index (χ0n) is 13.6. The Hall–Kier alpha value is -2.95. The first-order valence-corrected chi connectivity index (χ1v) is 7.85. The van der Waals surface area contributed by atoms with Gasteiger partial charge in [0.2, 0.25) is 17.7 Å². The number of nitrogens with zero attached hydrogens (tertiary/aromatic N) is 3. The van der Waals surface area contributed by atoms with Crippen LogP contribution in [0.25, 0.3) is 11.5 Å². The predicted molar refractivity (Wildman–Crippen MR) is 90.6 cm³/mol. The van der Waals surface area contributed by atoms with Crippen LogP contribution in [0.2, 0.25) is 0 Å². The fourth-order valence-electron chi connectivity index (χ4n) is 3.32. The number of anilines is 1. The highest BCUT2D eigenvalue weighted by molar-refractivity contribution is 6.07. The fraction of sp³-hybridized carbons (Fsp3) is 0.211. The van der Waals surface area contributed by atoms with Crippen LogP contribution in [-0.2, 0) is 16.6 Å². The van der Waals surface area contributed by atoms with Gasteiger partial charge in [-0.05, 0) is 30.7 Å². The fourth-order valence-corrected chi connectivity index (χ4v) is 3.32. The molecule has 1 aliphatic heterocycles. The molecule has 0 saturated carbocycles. The third-order valence-electron chi connectivity index (χ3n) is 4.63. The minimum absolute atomic E-state index is 0.0446. The number of fused-ring (bicyclic) bond motifs is 1. The first kappa shape index (κ1) is 14.6. The van der Waals surface area contributed by atoms with Gasteiger partial charge in [0, 0.05) is 24.7 Å². The summed E-state index contributed by atoms with van der Waals surface area (Å²) in [6.45, 7) is 1.93. The Bertz CT molecular complexity index is 904. The van der Waals surface area contributed by atoms with E-state index < -0.39 is 5.41 Å². The molecule has 5 nitrogen and oxygen atoms in total. The molecular formula is C19H17N3O2. The van der Waals surface area contributed by atoms with Crippen LogP contribution >= 0.6 is 0 Å². The van der Waals surface area contributed by atoms with E-state index in [0.29, 0.717) is 18.2 Å². The van der Waals surface area contributed by atoms with Crippen molar-refractivity contribution >= 4 is 11.6 Å². The SMILES string of the molecule is CN1C(=O)[C@](C)(Cc2nnc(-c3ccccc3)o2)c2ccccc21. The summed E-state index contributed by atoms with van der Waals surface area (Å²) < 4.78 is 5.80. The molecule has 0 saturated heterocycles. The maximum atomic E-state index is 12.8. The summed E-state index contributed by atoms with van der Waals surface area (Å²) in [7, 11) is 1.80. The van der Waals surface area contributed by atoms with Crippen molar-refractivity contribution in [3.63, 3.8) is 0 Å². The highest BCUT2D eigenvalue weighted by Crippen LogP contribution is 2.42. The number of carbonyl (C=O) groups is 1. The molecule has 0 bridgehead atoms. The van der Waals surface area contributed by atoms with E-state index in [1.54, 1.807) is 11.9 Å². The number of carbonyl (C=O) groups excluding carboxylic acids is 1. The summed E-state index contributed by atoms with van der Waals surface area (Å²) >= 11 is 0. The highest BCUT2D eigenvalue weighted by atomic mass is 16.4. The molecule has 0 unspecified atom stereocenters. The van der Waals surface area contributed by atoms with Gasteiger partial charge in [-0.2, -0.15) is 0 Å². The molecule has 0 N–H and O–H groups in total. The average Bonchev–Trinajstić information content (AvgIpc) is 3.15. The smallest absolute Gasteiger partial charge is 0.247 e. The van der Waals surface area contributed by atoms with E-state index in [-0.39, 0.29) is 5.91 Å². The van der Waals surface area contributed by atoms with E-state index >= 15 is 0 Å². The Morgan fingerprint density at radius 1 is 1.04 bits per heavy atom. The molecule has 0 radical (unpaired) electrons. The summed E-state index contributed by atoms with van der Waals surface area (Å²) in [5.74, 6) is 0.985. The lowest BCUT2D eigenvalue weighted by Crippen LogP contribution is -2.37. The quantitative estimate of drug-likeness (QED) is 0.744. The van der Waals surface area contributed by atoms with Crippen molar-refractivity contribution in [1.82, 2.24) is 10.2 Å². The van der Waals surface area contributed by atoms with Gasteiger partial charge in [0.1, 0.15) is 0 Å². The highest BCUT2D eigenvalue weighted by Gasteiger charge is 2.46. The molecule has 5 heteroatoms. The molecule has 120 valence electrons. The van der Waals surface area contributed by atoms with E-state index in [4.69, 9.17) is 4.42 Å². The van der Waals surface area contributed by atoms with Crippen molar-refractivity contribution in [2.75, 3.05) is 11.9 Å². The first-order chi connectivity index (χ1) is 11.6. The second kappa shape index (κ2) is 5.30. The van der Waals surface area contributed by atoms with Crippen molar-refractivity contribution in [1.29, 1.82) is 0 Å². The standard InChI is InChI=1S/C19H17N3O2/c1-19(14-10-6-7-11-15(14)22(2)18(19)23)12-16-20-21-17(24-16)13-8-4-3-5-9-13/h3-11H,12H2,1-2H3/t19-/m1/s1.